The van der Waals surface area contributed by atoms with E-state index < -0.39 is 5.97 Å². The Morgan fingerprint density at radius 1 is 1.50 bits per heavy atom. The smallest absolute Gasteiger partial charge is 0.303 e. The third-order valence-corrected chi connectivity index (χ3v) is 1.89. The van der Waals surface area contributed by atoms with Crippen molar-refractivity contribution in [1.82, 2.24) is 0 Å². The van der Waals surface area contributed by atoms with Crippen molar-refractivity contribution in [3.05, 3.63) is 0 Å². The molecule has 2 atom stereocenters. The van der Waals surface area contributed by atoms with Crippen molar-refractivity contribution in [3.8, 4) is 0 Å². The molecule has 1 N–H and O–H groups in total. The van der Waals surface area contributed by atoms with Gasteiger partial charge in [0.2, 0.25) is 0 Å². The minimum Gasteiger partial charge on any atom is -0.481 e. The summed E-state index contributed by atoms with van der Waals surface area (Å²) >= 11 is 0. The zero-order valence-corrected chi connectivity index (χ0v) is 6.95. The monoisotopic (exact) mass is 172 g/mol. The lowest BCUT2D eigenvalue weighted by atomic mass is 9.99. The quantitative estimate of drug-likeness (QED) is 0.674. The third-order valence-electron chi connectivity index (χ3n) is 1.89. The summed E-state index contributed by atoms with van der Waals surface area (Å²) in [5.74, 6) is -1.02. The lowest BCUT2D eigenvalue weighted by Crippen LogP contribution is -2.41. The highest BCUT2D eigenvalue weighted by Crippen LogP contribution is 2.21. The first-order valence-corrected chi connectivity index (χ1v) is 3.99. The number of hydrogen-bond acceptors (Lipinski definition) is 3. The second-order valence-electron chi connectivity index (χ2n) is 3.03. The van der Waals surface area contributed by atoms with Gasteiger partial charge in [-0.2, -0.15) is 0 Å². The molecule has 68 valence electrons. The number of aliphatic carboxylic acids is 1. The predicted molar refractivity (Wildman–Crippen MR) is 40.8 cm³/mol. The SMILES string of the molecule is CC1CC(C(=O)CCC(=O)O)O1. The van der Waals surface area contributed by atoms with Crippen LogP contribution in [-0.2, 0) is 14.3 Å². The fourth-order valence-corrected chi connectivity index (χ4v) is 1.17. The van der Waals surface area contributed by atoms with Crippen LogP contribution in [-0.4, -0.2) is 29.1 Å². The van der Waals surface area contributed by atoms with Crippen molar-refractivity contribution in [1.29, 1.82) is 0 Å². The van der Waals surface area contributed by atoms with Gasteiger partial charge >= 0.3 is 5.97 Å². The molecule has 2 unspecified atom stereocenters. The number of carbonyl (C=O) groups excluding carboxylic acids is 1. The first kappa shape index (κ1) is 9.19. The van der Waals surface area contributed by atoms with Crippen LogP contribution in [0.1, 0.15) is 26.2 Å². The number of hydrogen-bond donors (Lipinski definition) is 1. The van der Waals surface area contributed by atoms with Gasteiger partial charge in [0.25, 0.3) is 0 Å². The molecular formula is C8H12O4. The summed E-state index contributed by atoms with van der Waals surface area (Å²) < 4.78 is 5.09. The molecule has 4 nitrogen and oxygen atoms in total. The summed E-state index contributed by atoms with van der Waals surface area (Å²) in [4.78, 5) is 21.2. The fourth-order valence-electron chi connectivity index (χ4n) is 1.17. The number of rotatable bonds is 4. The maximum absolute atomic E-state index is 11.1. The van der Waals surface area contributed by atoms with Crippen LogP contribution in [0.2, 0.25) is 0 Å². The third kappa shape index (κ3) is 2.30. The molecule has 1 rings (SSSR count). The van der Waals surface area contributed by atoms with Gasteiger partial charge in [-0.25, -0.2) is 0 Å². The van der Waals surface area contributed by atoms with Crippen LogP contribution in [0.5, 0.6) is 0 Å². The van der Waals surface area contributed by atoms with E-state index in [1.807, 2.05) is 6.92 Å². The van der Waals surface area contributed by atoms with Crippen molar-refractivity contribution >= 4 is 11.8 Å². The zero-order chi connectivity index (χ0) is 9.14. The highest BCUT2D eigenvalue weighted by molar-refractivity contribution is 5.86. The van der Waals surface area contributed by atoms with Crippen LogP contribution in [0.25, 0.3) is 0 Å². The summed E-state index contributed by atoms with van der Waals surface area (Å²) in [6.07, 6.45) is 0.557. The van der Waals surface area contributed by atoms with Crippen molar-refractivity contribution in [2.45, 2.75) is 38.4 Å². The highest BCUT2D eigenvalue weighted by Gasteiger charge is 2.31. The molecule has 0 radical (unpaired) electrons. The first-order chi connectivity index (χ1) is 5.59. The summed E-state index contributed by atoms with van der Waals surface area (Å²) in [7, 11) is 0. The van der Waals surface area contributed by atoms with Crippen LogP contribution >= 0.6 is 0 Å². The number of ketones is 1. The van der Waals surface area contributed by atoms with Crippen LogP contribution in [0.3, 0.4) is 0 Å². The number of carboxylic acid groups (broad SMARTS) is 1. The summed E-state index contributed by atoms with van der Waals surface area (Å²) in [5.41, 5.74) is 0. The van der Waals surface area contributed by atoms with E-state index in [9.17, 15) is 9.59 Å². The number of Topliss-reactive ketones (excluding diaryl/α,β-unsaturated/α-hetero) is 1. The molecule has 0 spiro atoms. The molecule has 0 saturated carbocycles. The van der Waals surface area contributed by atoms with Gasteiger partial charge in [-0.1, -0.05) is 0 Å². The van der Waals surface area contributed by atoms with Crippen LogP contribution < -0.4 is 0 Å². The number of ether oxygens (including phenoxy) is 1. The van der Waals surface area contributed by atoms with Gasteiger partial charge in [-0.15, -0.1) is 0 Å². The van der Waals surface area contributed by atoms with Gasteiger partial charge in [0.15, 0.2) is 5.78 Å². The molecule has 0 aromatic heterocycles. The molecule has 0 amide bonds. The Bertz CT molecular complexity index is 193. The lowest BCUT2D eigenvalue weighted by Gasteiger charge is -2.32. The Hall–Kier alpha value is -0.900. The largest absolute Gasteiger partial charge is 0.481 e. The van der Waals surface area contributed by atoms with Crippen LogP contribution in [0.15, 0.2) is 0 Å². The Labute approximate surface area is 70.5 Å². The average Bonchev–Trinajstić information content (AvgIpc) is 1.94. The van der Waals surface area contributed by atoms with Crippen molar-refractivity contribution in [3.63, 3.8) is 0 Å². The predicted octanol–water partition coefficient (Wildman–Crippen LogP) is 0.598. The Morgan fingerprint density at radius 2 is 2.08 bits per heavy atom. The van der Waals surface area contributed by atoms with Gasteiger partial charge in [-0.3, -0.25) is 9.59 Å². The molecule has 12 heavy (non-hydrogen) atoms. The first-order valence-electron chi connectivity index (χ1n) is 3.99. The second-order valence-corrected chi connectivity index (χ2v) is 3.03. The molecule has 4 heteroatoms. The van der Waals surface area contributed by atoms with Gasteiger partial charge in [0.05, 0.1) is 12.5 Å². The van der Waals surface area contributed by atoms with Gasteiger partial charge in [0.1, 0.15) is 6.10 Å². The molecule has 0 aromatic rings. The molecule has 0 bridgehead atoms. The topological polar surface area (TPSA) is 63.6 Å². The summed E-state index contributed by atoms with van der Waals surface area (Å²) in [5, 5.41) is 8.29. The van der Waals surface area contributed by atoms with E-state index in [0.29, 0.717) is 0 Å². The fraction of sp³-hybridized carbons (Fsp3) is 0.750. The van der Waals surface area contributed by atoms with Crippen LogP contribution in [0.4, 0.5) is 0 Å². The maximum atomic E-state index is 11.1. The second kappa shape index (κ2) is 3.67. The van der Waals surface area contributed by atoms with E-state index >= 15 is 0 Å². The minimum absolute atomic E-state index is 0.0875. The van der Waals surface area contributed by atoms with E-state index in [1.165, 1.54) is 0 Å². The normalized spacial score (nSPS) is 27.8. The zero-order valence-electron chi connectivity index (χ0n) is 6.95. The average molecular weight is 172 g/mol. The van der Waals surface area contributed by atoms with E-state index in [2.05, 4.69) is 0 Å². The van der Waals surface area contributed by atoms with E-state index in [1.54, 1.807) is 0 Å². The molecule has 1 heterocycles. The maximum Gasteiger partial charge on any atom is 0.303 e. The van der Waals surface area contributed by atoms with Crippen LogP contribution in [0, 0.1) is 0 Å². The molecule has 1 aliphatic rings. The molecule has 1 aliphatic heterocycles. The summed E-state index contributed by atoms with van der Waals surface area (Å²) in [6, 6.07) is 0. The molecular weight excluding hydrogens is 160 g/mol. The standard InChI is InChI=1S/C8H12O4/c1-5-4-7(12-5)6(9)2-3-8(10)11/h5,7H,2-4H2,1H3,(H,10,11). The highest BCUT2D eigenvalue weighted by atomic mass is 16.5. The van der Waals surface area contributed by atoms with Crippen molar-refractivity contribution in [2.75, 3.05) is 0 Å². The van der Waals surface area contributed by atoms with Crippen molar-refractivity contribution in [2.24, 2.45) is 0 Å². The van der Waals surface area contributed by atoms with Gasteiger partial charge in [-0.05, 0) is 6.92 Å². The summed E-state index contributed by atoms with van der Waals surface area (Å²) in [6.45, 7) is 1.89. The van der Waals surface area contributed by atoms with E-state index in [0.717, 1.165) is 6.42 Å². The van der Waals surface area contributed by atoms with Gasteiger partial charge < -0.3 is 9.84 Å². The molecule has 0 aliphatic carbocycles. The minimum atomic E-state index is -0.935. The lowest BCUT2D eigenvalue weighted by molar-refractivity contribution is -0.158. The Kier molecular flexibility index (Phi) is 2.81. The van der Waals surface area contributed by atoms with E-state index in [4.69, 9.17) is 9.84 Å². The molecule has 1 saturated heterocycles. The number of carbonyl (C=O) groups is 2. The van der Waals surface area contributed by atoms with Gasteiger partial charge in [0, 0.05) is 12.8 Å². The number of carboxylic acids is 1. The van der Waals surface area contributed by atoms with Crippen molar-refractivity contribution < 1.29 is 19.4 Å². The van der Waals surface area contributed by atoms with E-state index in [-0.39, 0.29) is 30.8 Å². The molecule has 0 aromatic carbocycles. The molecule has 1 fully saturated rings. The Morgan fingerprint density at radius 3 is 2.50 bits per heavy atom. The Balaban J connectivity index is 2.17.